The van der Waals surface area contributed by atoms with Crippen molar-refractivity contribution in [1.82, 2.24) is 4.90 Å². The molecule has 0 unspecified atom stereocenters. The average molecular weight is 369 g/mol. The quantitative estimate of drug-likeness (QED) is 0.805. The molecule has 0 saturated carbocycles. The standard InChI is InChI=1S/C21H24N2O2S/c1-26-15-16-4-7-18(8-5-16)23-12-13-25-20-14-17(6-9-19(20)23)21(24)22-10-2-3-11-22/h4-9,14H,2-3,10-13,15H2,1H3. The van der Waals surface area contributed by atoms with Crippen LogP contribution >= 0.6 is 11.8 Å². The van der Waals surface area contributed by atoms with Gasteiger partial charge >= 0.3 is 0 Å². The van der Waals surface area contributed by atoms with Crippen LogP contribution in [0.4, 0.5) is 11.4 Å². The fraction of sp³-hybridized carbons (Fsp3) is 0.381. The van der Waals surface area contributed by atoms with E-state index in [4.69, 9.17) is 4.74 Å². The van der Waals surface area contributed by atoms with Gasteiger partial charge in [0.25, 0.3) is 5.91 Å². The molecule has 4 rings (SSSR count). The van der Waals surface area contributed by atoms with E-state index in [0.717, 1.165) is 60.9 Å². The number of carbonyl (C=O) groups is 1. The smallest absolute Gasteiger partial charge is 0.253 e. The third-order valence-corrected chi connectivity index (χ3v) is 5.64. The molecule has 0 aliphatic carbocycles. The lowest BCUT2D eigenvalue weighted by Gasteiger charge is -2.32. The number of benzene rings is 2. The minimum Gasteiger partial charge on any atom is -0.490 e. The van der Waals surface area contributed by atoms with Crippen molar-refractivity contribution in [3.05, 3.63) is 53.6 Å². The molecule has 2 aromatic rings. The summed E-state index contributed by atoms with van der Waals surface area (Å²) < 4.78 is 5.88. The van der Waals surface area contributed by atoms with Gasteiger partial charge in [-0.15, -0.1) is 0 Å². The summed E-state index contributed by atoms with van der Waals surface area (Å²) in [7, 11) is 0. The van der Waals surface area contributed by atoms with Crippen LogP contribution < -0.4 is 9.64 Å². The van der Waals surface area contributed by atoms with E-state index < -0.39 is 0 Å². The van der Waals surface area contributed by atoms with Gasteiger partial charge in [0.15, 0.2) is 0 Å². The number of carbonyl (C=O) groups excluding carboxylic acids is 1. The molecule has 0 aromatic heterocycles. The normalized spacial score (nSPS) is 16.3. The average Bonchev–Trinajstić information content (AvgIpc) is 3.22. The number of amides is 1. The predicted molar refractivity (Wildman–Crippen MR) is 108 cm³/mol. The van der Waals surface area contributed by atoms with Crippen molar-refractivity contribution in [2.45, 2.75) is 18.6 Å². The molecule has 2 aromatic carbocycles. The van der Waals surface area contributed by atoms with Crippen LogP contribution in [0.2, 0.25) is 0 Å². The summed E-state index contributed by atoms with van der Waals surface area (Å²) in [4.78, 5) is 16.8. The van der Waals surface area contributed by atoms with Crippen molar-refractivity contribution in [2.75, 3.05) is 37.4 Å². The number of nitrogens with zero attached hydrogens (tertiary/aromatic N) is 2. The minimum atomic E-state index is 0.118. The Balaban J connectivity index is 1.59. The molecule has 4 nitrogen and oxygen atoms in total. The number of thioether (sulfide) groups is 1. The summed E-state index contributed by atoms with van der Waals surface area (Å²) in [5.74, 6) is 1.95. The highest BCUT2D eigenvalue weighted by atomic mass is 32.2. The van der Waals surface area contributed by atoms with Gasteiger partial charge in [0.2, 0.25) is 0 Å². The molecular formula is C21H24N2O2S. The van der Waals surface area contributed by atoms with Crippen molar-refractivity contribution in [2.24, 2.45) is 0 Å². The Morgan fingerprint density at radius 1 is 1.08 bits per heavy atom. The fourth-order valence-corrected chi connectivity index (χ4v) is 4.19. The summed E-state index contributed by atoms with van der Waals surface area (Å²) in [5, 5.41) is 0. The lowest BCUT2D eigenvalue weighted by Crippen LogP contribution is -2.30. The number of fused-ring (bicyclic) bond motifs is 1. The van der Waals surface area contributed by atoms with Crippen LogP contribution in [0.1, 0.15) is 28.8 Å². The first-order valence-electron chi connectivity index (χ1n) is 9.18. The maximum absolute atomic E-state index is 12.6. The Labute approximate surface area is 159 Å². The van der Waals surface area contributed by atoms with Gasteiger partial charge in [-0.3, -0.25) is 4.79 Å². The van der Waals surface area contributed by atoms with Gasteiger partial charge in [-0.05, 0) is 55.0 Å². The van der Waals surface area contributed by atoms with Crippen LogP contribution in [-0.4, -0.2) is 43.3 Å². The van der Waals surface area contributed by atoms with Gasteiger partial charge in [-0.2, -0.15) is 11.8 Å². The zero-order valence-corrected chi connectivity index (χ0v) is 15.9. The Hall–Kier alpha value is -2.14. The number of hydrogen-bond acceptors (Lipinski definition) is 4. The molecule has 1 amide bonds. The molecule has 2 aliphatic rings. The zero-order chi connectivity index (χ0) is 17.9. The number of rotatable bonds is 4. The van der Waals surface area contributed by atoms with Crippen LogP contribution in [-0.2, 0) is 5.75 Å². The summed E-state index contributed by atoms with van der Waals surface area (Å²) in [6, 6.07) is 14.6. The Kier molecular flexibility index (Phi) is 5.07. The van der Waals surface area contributed by atoms with Crippen LogP contribution in [0, 0.1) is 0 Å². The third-order valence-electron chi connectivity index (χ3n) is 5.02. The molecule has 0 N–H and O–H groups in total. The summed E-state index contributed by atoms with van der Waals surface area (Å²) in [6.45, 7) is 3.17. The van der Waals surface area contributed by atoms with Gasteiger partial charge in [0.05, 0.1) is 12.2 Å². The number of anilines is 2. The topological polar surface area (TPSA) is 32.8 Å². The second kappa shape index (κ2) is 7.62. The van der Waals surface area contributed by atoms with E-state index in [1.54, 1.807) is 0 Å². The number of likely N-dealkylation sites (tertiary alicyclic amines) is 1. The largest absolute Gasteiger partial charge is 0.490 e. The number of hydrogen-bond donors (Lipinski definition) is 0. The fourth-order valence-electron chi connectivity index (χ4n) is 3.66. The van der Waals surface area contributed by atoms with E-state index in [1.165, 1.54) is 5.56 Å². The van der Waals surface area contributed by atoms with Gasteiger partial charge in [-0.1, -0.05) is 12.1 Å². The first-order valence-corrected chi connectivity index (χ1v) is 10.6. The molecular weight excluding hydrogens is 344 g/mol. The molecule has 1 fully saturated rings. The summed E-state index contributed by atoms with van der Waals surface area (Å²) in [6.07, 6.45) is 4.33. The van der Waals surface area contributed by atoms with Crippen molar-refractivity contribution in [1.29, 1.82) is 0 Å². The van der Waals surface area contributed by atoms with Crippen LogP contribution in [0.15, 0.2) is 42.5 Å². The van der Waals surface area contributed by atoms with E-state index in [0.29, 0.717) is 6.61 Å². The summed E-state index contributed by atoms with van der Waals surface area (Å²) >= 11 is 1.83. The van der Waals surface area contributed by atoms with E-state index >= 15 is 0 Å². The second-order valence-corrected chi connectivity index (χ2v) is 7.65. The van der Waals surface area contributed by atoms with Crippen molar-refractivity contribution in [3.8, 4) is 5.75 Å². The predicted octanol–water partition coefficient (Wildman–Crippen LogP) is 4.32. The second-order valence-electron chi connectivity index (χ2n) is 6.78. The van der Waals surface area contributed by atoms with E-state index in [1.807, 2.05) is 34.9 Å². The zero-order valence-electron chi connectivity index (χ0n) is 15.1. The van der Waals surface area contributed by atoms with Crippen molar-refractivity contribution < 1.29 is 9.53 Å². The van der Waals surface area contributed by atoms with Gasteiger partial charge in [0, 0.05) is 30.1 Å². The maximum atomic E-state index is 12.6. The monoisotopic (exact) mass is 368 g/mol. The van der Waals surface area contributed by atoms with E-state index in [2.05, 4.69) is 35.4 Å². The Bertz CT molecular complexity index is 785. The van der Waals surface area contributed by atoms with Gasteiger partial charge in [-0.25, -0.2) is 0 Å². The SMILES string of the molecule is CSCc1ccc(N2CCOc3cc(C(=O)N4CCCC4)ccc32)cc1. The molecule has 136 valence electrons. The van der Waals surface area contributed by atoms with Crippen LogP contribution in [0.3, 0.4) is 0 Å². The first kappa shape index (κ1) is 17.3. The molecule has 2 heterocycles. The Morgan fingerprint density at radius 3 is 2.58 bits per heavy atom. The highest BCUT2D eigenvalue weighted by Crippen LogP contribution is 2.37. The molecule has 2 aliphatic heterocycles. The van der Waals surface area contributed by atoms with Gasteiger partial charge < -0.3 is 14.5 Å². The molecule has 26 heavy (non-hydrogen) atoms. The van der Waals surface area contributed by atoms with Crippen molar-refractivity contribution in [3.63, 3.8) is 0 Å². The maximum Gasteiger partial charge on any atom is 0.253 e. The lowest BCUT2D eigenvalue weighted by atomic mass is 10.1. The molecule has 0 bridgehead atoms. The highest BCUT2D eigenvalue weighted by Gasteiger charge is 2.24. The molecule has 1 saturated heterocycles. The minimum absolute atomic E-state index is 0.118. The Morgan fingerprint density at radius 2 is 1.85 bits per heavy atom. The van der Waals surface area contributed by atoms with E-state index in [-0.39, 0.29) is 5.91 Å². The molecule has 0 spiro atoms. The van der Waals surface area contributed by atoms with E-state index in [9.17, 15) is 4.79 Å². The number of ether oxygens (including phenoxy) is 1. The molecule has 0 atom stereocenters. The first-order chi connectivity index (χ1) is 12.8. The van der Waals surface area contributed by atoms with Crippen molar-refractivity contribution >= 4 is 29.0 Å². The molecule has 5 heteroatoms. The third kappa shape index (κ3) is 3.40. The van der Waals surface area contributed by atoms with Crippen LogP contribution in [0.25, 0.3) is 0 Å². The van der Waals surface area contributed by atoms with Gasteiger partial charge in [0.1, 0.15) is 12.4 Å². The molecule has 0 radical (unpaired) electrons. The van der Waals surface area contributed by atoms with Crippen LogP contribution in [0.5, 0.6) is 5.75 Å². The lowest BCUT2D eigenvalue weighted by molar-refractivity contribution is 0.0792. The highest BCUT2D eigenvalue weighted by molar-refractivity contribution is 7.97. The summed E-state index contributed by atoms with van der Waals surface area (Å²) in [5.41, 5.74) is 4.26.